The third-order valence-electron chi connectivity index (χ3n) is 3.07. The molecule has 0 fully saturated rings. The van der Waals surface area contributed by atoms with Gasteiger partial charge in [-0.25, -0.2) is 18.6 Å². The van der Waals surface area contributed by atoms with Gasteiger partial charge < -0.3 is 0 Å². The zero-order chi connectivity index (χ0) is 19.0. The minimum Gasteiger partial charge on any atom is -0.222 e. The van der Waals surface area contributed by atoms with Crippen molar-refractivity contribution in [3.63, 3.8) is 0 Å². The first kappa shape index (κ1) is 20.7. The van der Waals surface area contributed by atoms with E-state index in [0.29, 0.717) is 0 Å². The Morgan fingerprint density at radius 2 is 1.38 bits per heavy atom. The summed E-state index contributed by atoms with van der Waals surface area (Å²) in [6, 6.07) is 23.1. The van der Waals surface area contributed by atoms with Gasteiger partial charge in [-0.1, -0.05) is 55.5 Å². The third kappa shape index (κ3) is 7.35. The van der Waals surface area contributed by atoms with Crippen LogP contribution < -0.4 is 18.6 Å². The summed E-state index contributed by atoms with van der Waals surface area (Å²) in [5.74, 6) is 1.04. The third-order valence-corrected chi connectivity index (χ3v) is 5.14. The average Bonchev–Trinajstić information content (AvgIpc) is 2.62. The fourth-order valence-corrected chi connectivity index (χ4v) is 4.11. The smallest absolute Gasteiger partial charge is 0.222 e. The molecule has 0 saturated carbocycles. The zero-order valence-corrected chi connectivity index (χ0v) is 16.2. The van der Waals surface area contributed by atoms with Crippen LogP contribution in [0.5, 0.6) is 0 Å². The van der Waals surface area contributed by atoms with Gasteiger partial charge in [-0.2, -0.15) is 4.98 Å². The standard InChI is InChI=1S/C18H16NS2.ClHO4/c1-2-20-18-19-16(14-9-5-3-6-10-14)13-17(21-18)15-11-7-4-8-12-15;2-1(3,4)5/h3-13H,2H2,1H3;(H,2,3,4,5)/q+1;/p-1. The molecule has 0 aliphatic carbocycles. The fourth-order valence-electron chi connectivity index (χ4n) is 2.09. The molecule has 3 rings (SSSR count). The van der Waals surface area contributed by atoms with Crippen molar-refractivity contribution in [2.45, 2.75) is 11.3 Å². The van der Waals surface area contributed by atoms with Crippen molar-refractivity contribution in [1.82, 2.24) is 4.98 Å². The van der Waals surface area contributed by atoms with E-state index >= 15 is 0 Å². The number of aromatic nitrogens is 1. The van der Waals surface area contributed by atoms with Crippen LogP contribution in [0.2, 0.25) is 0 Å². The van der Waals surface area contributed by atoms with Crippen LogP contribution in [-0.4, -0.2) is 10.7 Å². The van der Waals surface area contributed by atoms with Gasteiger partial charge in [0.2, 0.25) is 4.88 Å². The normalized spacial score (nSPS) is 10.8. The summed E-state index contributed by atoms with van der Waals surface area (Å²) in [5.41, 5.74) is 3.46. The molecule has 26 heavy (non-hydrogen) atoms. The second-order valence-corrected chi connectivity index (χ2v) is 8.21. The topological polar surface area (TPSA) is 105 Å². The highest BCUT2D eigenvalue weighted by Crippen LogP contribution is 2.34. The number of benzene rings is 2. The lowest BCUT2D eigenvalue weighted by atomic mass is 10.1. The Kier molecular flexibility index (Phi) is 7.92. The van der Waals surface area contributed by atoms with Gasteiger partial charge in [0.1, 0.15) is 0 Å². The summed E-state index contributed by atoms with van der Waals surface area (Å²) in [6.07, 6.45) is 0. The Morgan fingerprint density at radius 1 is 0.885 bits per heavy atom. The van der Waals surface area contributed by atoms with Gasteiger partial charge >= 0.3 is 4.34 Å². The monoisotopic (exact) mass is 409 g/mol. The highest BCUT2D eigenvalue weighted by Gasteiger charge is 2.19. The highest BCUT2D eigenvalue weighted by atomic mass is 35.7. The molecule has 8 heteroatoms. The van der Waals surface area contributed by atoms with E-state index < -0.39 is 10.2 Å². The first-order valence-electron chi connectivity index (χ1n) is 7.57. The van der Waals surface area contributed by atoms with E-state index in [4.69, 9.17) is 23.6 Å². The molecule has 0 aliphatic rings. The summed E-state index contributed by atoms with van der Waals surface area (Å²) in [7, 11) is -4.94. The molecule has 2 aromatic carbocycles. The molecule has 3 aromatic rings. The molecule has 0 aliphatic heterocycles. The highest BCUT2D eigenvalue weighted by molar-refractivity contribution is 8.01. The quantitative estimate of drug-likeness (QED) is 0.472. The Morgan fingerprint density at radius 3 is 1.88 bits per heavy atom. The van der Waals surface area contributed by atoms with Crippen molar-refractivity contribution in [3.05, 3.63) is 66.7 Å². The van der Waals surface area contributed by atoms with Crippen LogP contribution in [0.4, 0.5) is 0 Å². The van der Waals surface area contributed by atoms with Gasteiger partial charge in [-0.15, -0.1) is 10.2 Å². The summed E-state index contributed by atoms with van der Waals surface area (Å²) < 4.78 is 35.1. The van der Waals surface area contributed by atoms with E-state index in [1.165, 1.54) is 16.0 Å². The number of halogens is 1. The molecular formula is C18H16ClNO4S2. The van der Waals surface area contributed by atoms with Crippen molar-refractivity contribution in [2.24, 2.45) is 0 Å². The minimum atomic E-state index is -4.94. The van der Waals surface area contributed by atoms with Crippen LogP contribution in [0, 0.1) is 10.2 Å². The lowest BCUT2D eigenvalue weighted by molar-refractivity contribution is -2.00. The van der Waals surface area contributed by atoms with Crippen LogP contribution >= 0.6 is 23.1 Å². The predicted molar refractivity (Wildman–Crippen MR) is 93.8 cm³/mol. The van der Waals surface area contributed by atoms with Gasteiger partial charge in [-0.05, 0) is 23.9 Å². The molecular weight excluding hydrogens is 394 g/mol. The van der Waals surface area contributed by atoms with E-state index in [-0.39, 0.29) is 0 Å². The Balaban J connectivity index is 0.000000431. The van der Waals surface area contributed by atoms with E-state index in [9.17, 15) is 0 Å². The predicted octanol–water partition coefficient (Wildman–Crippen LogP) is 1.11. The van der Waals surface area contributed by atoms with Crippen LogP contribution in [-0.2, 0) is 0 Å². The SMILES string of the molecule is CCSc1nc(-c2ccccc2)cc(-c2ccccc2)[s+]1.[O-][Cl+3]([O-])([O-])[O-]. The maximum absolute atomic E-state index is 8.49. The van der Waals surface area contributed by atoms with E-state index in [1.807, 2.05) is 6.07 Å². The second-order valence-electron chi connectivity index (χ2n) is 4.92. The number of hydrogen-bond acceptors (Lipinski definition) is 6. The number of rotatable bonds is 4. The molecule has 0 N–H and O–H groups in total. The van der Waals surface area contributed by atoms with Crippen molar-refractivity contribution in [3.8, 4) is 21.7 Å². The first-order valence-corrected chi connectivity index (χ1v) is 10.6. The Bertz CT molecular complexity index is 751. The lowest BCUT2D eigenvalue weighted by Gasteiger charge is -2.17. The number of nitrogens with zero attached hydrogens (tertiary/aromatic N) is 1. The molecule has 1 heterocycles. The lowest BCUT2D eigenvalue weighted by Crippen LogP contribution is -2.68. The average molecular weight is 410 g/mol. The fraction of sp³-hybridized carbons (Fsp3) is 0.111. The summed E-state index contributed by atoms with van der Waals surface area (Å²) in [6.45, 7) is 2.16. The van der Waals surface area contributed by atoms with Crippen molar-refractivity contribution < 1.29 is 28.9 Å². The number of hydrogen-bond donors (Lipinski definition) is 0. The van der Waals surface area contributed by atoms with Gasteiger partial charge in [0.25, 0.3) is 11.3 Å². The largest absolute Gasteiger partial charge is 0.359 e. The van der Waals surface area contributed by atoms with Crippen LogP contribution in [0.3, 0.4) is 0 Å². The molecule has 0 bridgehead atoms. The molecule has 0 atom stereocenters. The van der Waals surface area contributed by atoms with E-state index in [0.717, 1.165) is 15.8 Å². The van der Waals surface area contributed by atoms with Crippen LogP contribution in [0.1, 0.15) is 6.92 Å². The Hall–Kier alpha value is -1.58. The summed E-state index contributed by atoms with van der Waals surface area (Å²) >= 11 is 3.56. The van der Waals surface area contributed by atoms with Crippen LogP contribution in [0.25, 0.3) is 21.7 Å². The van der Waals surface area contributed by atoms with E-state index in [2.05, 4.69) is 67.6 Å². The maximum atomic E-state index is 8.49. The molecule has 0 saturated heterocycles. The molecule has 136 valence electrons. The first-order chi connectivity index (χ1) is 12.4. The molecule has 0 unspecified atom stereocenters. The van der Waals surface area contributed by atoms with E-state index in [1.54, 1.807) is 23.1 Å². The molecule has 0 radical (unpaired) electrons. The molecule has 0 spiro atoms. The second kappa shape index (κ2) is 9.94. The van der Waals surface area contributed by atoms with Gasteiger partial charge in [0.15, 0.2) is 0 Å². The van der Waals surface area contributed by atoms with Crippen molar-refractivity contribution in [2.75, 3.05) is 5.75 Å². The summed E-state index contributed by atoms with van der Waals surface area (Å²) in [5, 5.41) is 0. The van der Waals surface area contributed by atoms with Crippen molar-refractivity contribution >= 4 is 23.1 Å². The molecule has 5 nitrogen and oxygen atoms in total. The van der Waals surface area contributed by atoms with Crippen molar-refractivity contribution in [1.29, 1.82) is 0 Å². The van der Waals surface area contributed by atoms with Crippen LogP contribution in [0.15, 0.2) is 71.1 Å². The van der Waals surface area contributed by atoms with Gasteiger partial charge in [0.05, 0.1) is 5.69 Å². The minimum absolute atomic E-state index is 1.04. The Labute approximate surface area is 162 Å². The molecule has 0 amide bonds. The molecule has 1 aromatic heterocycles. The summed E-state index contributed by atoms with van der Waals surface area (Å²) in [4.78, 5) is 6.06. The van der Waals surface area contributed by atoms with Gasteiger partial charge in [-0.3, -0.25) is 0 Å². The van der Waals surface area contributed by atoms with Gasteiger partial charge in [0, 0.05) is 22.9 Å². The number of thioether (sulfide) groups is 1. The maximum Gasteiger partial charge on any atom is 0.359 e. The zero-order valence-electron chi connectivity index (χ0n) is 13.8.